The van der Waals surface area contributed by atoms with Gasteiger partial charge in [-0.1, -0.05) is 25.4 Å². The second-order valence-electron chi connectivity index (χ2n) is 7.41. The van der Waals surface area contributed by atoms with Gasteiger partial charge in [-0.25, -0.2) is 17.2 Å². The van der Waals surface area contributed by atoms with E-state index in [0.717, 1.165) is 12.1 Å². The SMILES string of the molecule is CC.O=S(=O)(c1ccc(Cl)cc1)[C@@]12CCC(CO)CC1COc1c(F)ccc(F)c12. The maximum Gasteiger partial charge on any atom is 0.188 e. The molecule has 30 heavy (non-hydrogen) atoms. The van der Waals surface area contributed by atoms with Crippen molar-refractivity contribution in [2.75, 3.05) is 13.2 Å². The van der Waals surface area contributed by atoms with Gasteiger partial charge in [-0.3, -0.25) is 0 Å². The summed E-state index contributed by atoms with van der Waals surface area (Å²) in [6, 6.07) is 7.57. The van der Waals surface area contributed by atoms with E-state index in [2.05, 4.69) is 0 Å². The Kier molecular flexibility index (Phi) is 6.75. The van der Waals surface area contributed by atoms with Crippen LogP contribution in [0.15, 0.2) is 41.3 Å². The monoisotopic (exact) mass is 458 g/mol. The molecule has 0 spiro atoms. The van der Waals surface area contributed by atoms with Crippen LogP contribution in [0.2, 0.25) is 5.02 Å². The van der Waals surface area contributed by atoms with Crippen LogP contribution >= 0.6 is 11.6 Å². The van der Waals surface area contributed by atoms with Gasteiger partial charge in [-0.05, 0) is 61.6 Å². The number of halogens is 3. The van der Waals surface area contributed by atoms with Gasteiger partial charge < -0.3 is 9.84 Å². The molecule has 1 heterocycles. The lowest BCUT2D eigenvalue weighted by Gasteiger charge is -2.48. The van der Waals surface area contributed by atoms with E-state index >= 15 is 0 Å². The standard InChI is InChI=1S/C20H19ClF2O4S.C2H6/c21-14-1-3-15(4-2-14)28(25,26)20-8-7-12(10-24)9-13(20)11-27-19-17(23)6-5-16(22)18(19)20;1-2/h1-6,12-13,24H,7-11H2;1-2H3/t12?,13?,20-;/m0./s1. The molecule has 0 saturated heterocycles. The highest BCUT2D eigenvalue weighted by Gasteiger charge is 2.59. The molecule has 164 valence electrons. The van der Waals surface area contributed by atoms with E-state index in [1.54, 1.807) is 0 Å². The highest BCUT2D eigenvalue weighted by molar-refractivity contribution is 7.92. The van der Waals surface area contributed by atoms with Crippen molar-refractivity contribution in [2.45, 2.75) is 42.8 Å². The van der Waals surface area contributed by atoms with Gasteiger partial charge in [0.05, 0.1) is 17.1 Å². The fourth-order valence-corrected chi connectivity index (χ4v) is 7.09. The molecule has 1 saturated carbocycles. The molecule has 3 atom stereocenters. The van der Waals surface area contributed by atoms with Crippen molar-refractivity contribution >= 4 is 21.4 Å². The van der Waals surface area contributed by atoms with Crippen molar-refractivity contribution in [3.05, 3.63) is 58.6 Å². The maximum atomic E-state index is 15.0. The third-order valence-corrected chi connectivity index (χ3v) is 8.82. The summed E-state index contributed by atoms with van der Waals surface area (Å²) in [4.78, 5) is 0.000796. The van der Waals surface area contributed by atoms with E-state index in [1.807, 2.05) is 13.8 Å². The van der Waals surface area contributed by atoms with Crippen LogP contribution in [-0.4, -0.2) is 26.7 Å². The molecule has 1 aliphatic heterocycles. The number of aliphatic hydroxyl groups excluding tert-OH is 1. The van der Waals surface area contributed by atoms with Gasteiger partial charge in [-0.15, -0.1) is 0 Å². The Morgan fingerprint density at radius 1 is 1.13 bits per heavy atom. The first kappa shape index (κ1) is 23.0. The predicted molar refractivity (Wildman–Crippen MR) is 111 cm³/mol. The number of benzene rings is 2. The molecule has 2 aliphatic rings. The molecule has 1 aliphatic carbocycles. The van der Waals surface area contributed by atoms with Gasteiger partial charge >= 0.3 is 0 Å². The van der Waals surface area contributed by atoms with Crippen LogP contribution in [0, 0.1) is 23.5 Å². The molecular weight excluding hydrogens is 434 g/mol. The molecule has 1 fully saturated rings. The fraction of sp³-hybridized carbons (Fsp3) is 0.455. The Balaban J connectivity index is 0.00000124. The average molecular weight is 459 g/mol. The maximum absolute atomic E-state index is 15.0. The number of fused-ring (bicyclic) bond motifs is 3. The van der Waals surface area contributed by atoms with E-state index in [0.29, 0.717) is 17.9 Å². The Hall–Kier alpha value is -1.70. The molecule has 2 aromatic carbocycles. The van der Waals surface area contributed by atoms with Crippen molar-refractivity contribution in [2.24, 2.45) is 11.8 Å². The fourth-order valence-electron chi connectivity index (χ4n) is 4.60. The van der Waals surface area contributed by atoms with E-state index in [1.165, 1.54) is 24.3 Å². The predicted octanol–water partition coefficient (Wildman–Crippen LogP) is 5.11. The van der Waals surface area contributed by atoms with Crippen molar-refractivity contribution in [1.82, 2.24) is 0 Å². The largest absolute Gasteiger partial charge is 0.490 e. The van der Waals surface area contributed by atoms with E-state index in [9.17, 15) is 22.3 Å². The summed E-state index contributed by atoms with van der Waals surface area (Å²) in [5.74, 6) is -2.65. The quantitative estimate of drug-likeness (QED) is 0.693. The minimum atomic E-state index is -4.11. The third kappa shape index (κ3) is 3.51. The number of hydrogen-bond acceptors (Lipinski definition) is 4. The van der Waals surface area contributed by atoms with Gasteiger partial charge in [0.15, 0.2) is 21.4 Å². The molecule has 8 heteroatoms. The zero-order valence-corrected chi connectivity index (χ0v) is 18.4. The van der Waals surface area contributed by atoms with Crippen molar-refractivity contribution in [3.63, 3.8) is 0 Å². The lowest BCUT2D eigenvalue weighted by Crippen LogP contribution is -2.52. The lowest BCUT2D eigenvalue weighted by atomic mass is 9.69. The van der Waals surface area contributed by atoms with E-state index in [-0.39, 0.29) is 41.8 Å². The highest BCUT2D eigenvalue weighted by atomic mass is 35.5. The normalized spacial score (nSPS) is 25.3. The van der Waals surface area contributed by atoms with Crippen molar-refractivity contribution < 1.29 is 27.0 Å². The van der Waals surface area contributed by atoms with Gasteiger partial charge in [0, 0.05) is 17.5 Å². The molecule has 2 unspecified atom stereocenters. The Morgan fingerprint density at radius 2 is 1.77 bits per heavy atom. The summed E-state index contributed by atoms with van der Waals surface area (Å²) in [5, 5.41) is 9.95. The zero-order valence-electron chi connectivity index (χ0n) is 16.9. The molecule has 0 amide bonds. The van der Waals surface area contributed by atoms with Gasteiger partial charge in [0.2, 0.25) is 0 Å². The smallest absolute Gasteiger partial charge is 0.188 e. The first-order valence-corrected chi connectivity index (χ1v) is 11.9. The molecular formula is C22H25ClF2O4S. The Bertz CT molecular complexity index is 1010. The Labute approximate surface area is 180 Å². The number of hydrogen-bond donors (Lipinski definition) is 1. The number of sulfone groups is 1. The van der Waals surface area contributed by atoms with Crippen LogP contribution in [0.3, 0.4) is 0 Å². The first-order chi connectivity index (χ1) is 14.3. The summed E-state index contributed by atoms with van der Waals surface area (Å²) in [5.41, 5.74) is -0.241. The molecule has 0 radical (unpaired) electrons. The third-order valence-electron chi connectivity index (χ3n) is 5.97. The van der Waals surface area contributed by atoms with Crippen LogP contribution in [0.25, 0.3) is 0 Å². The topological polar surface area (TPSA) is 63.6 Å². The summed E-state index contributed by atoms with van der Waals surface area (Å²) in [6.45, 7) is 3.85. The van der Waals surface area contributed by atoms with Crippen LogP contribution < -0.4 is 4.74 Å². The molecule has 0 bridgehead atoms. The summed E-state index contributed by atoms with van der Waals surface area (Å²) >= 11 is 5.90. The first-order valence-electron chi connectivity index (χ1n) is 10.0. The number of rotatable bonds is 3. The highest BCUT2D eigenvalue weighted by Crippen LogP contribution is 2.57. The number of aliphatic hydroxyl groups is 1. The van der Waals surface area contributed by atoms with Crippen molar-refractivity contribution in [3.8, 4) is 5.75 Å². The van der Waals surface area contributed by atoms with Crippen LogP contribution in [0.4, 0.5) is 8.78 Å². The van der Waals surface area contributed by atoms with Gasteiger partial charge in [-0.2, -0.15) is 0 Å². The molecule has 0 aromatic heterocycles. The average Bonchev–Trinajstić information content (AvgIpc) is 2.76. The lowest BCUT2D eigenvalue weighted by molar-refractivity contribution is 0.0744. The van der Waals surface area contributed by atoms with Crippen LogP contribution in [0.1, 0.15) is 38.7 Å². The summed E-state index contributed by atoms with van der Waals surface area (Å²) in [6.07, 6.45) is 0.804. The molecule has 1 N–H and O–H groups in total. The zero-order chi connectivity index (χ0) is 22.1. The van der Waals surface area contributed by atoms with Crippen molar-refractivity contribution in [1.29, 1.82) is 0 Å². The molecule has 2 aromatic rings. The molecule has 4 nitrogen and oxygen atoms in total. The summed E-state index contributed by atoms with van der Waals surface area (Å²) < 4.78 is 60.9. The second-order valence-corrected chi connectivity index (χ2v) is 10.1. The van der Waals surface area contributed by atoms with Crippen LogP contribution in [-0.2, 0) is 14.6 Å². The van der Waals surface area contributed by atoms with E-state index in [4.69, 9.17) is 16.3 Å². The number of ether oxygens (including phenoxy) is 1. The minimum Gasteiger partial charge on any atom is -0.490 e. The minimum absolute atomic E-state index is 0.000796. The van der Waals surface area contributed by atoms with Crippen LogP contribution in [0.5, 0.6) is 5.75 Å². The summed E-state index contributed by atoms with van der Waals surface area (Å²) in [7, 11) is -4.11. The second kappa shape index (κ2) is 8.81. The van der Waals surface area contributed by atoms with Gasteiger partial charge in [0.1, 0.15) is 10.6 Å². The molecule has 4 rings (SSSR count). The Morgan fingerprint density at radius 3 is 2.40 bits per heavy atom. The van der Waals surface area contributed by atoms with E-state index < -0.39 is 32.1 Å². The van der Waals surface area contributed by atoms with Gasteiger partial charge in [0.25, 0.3) is 0 Å².